The molecule has 0 aromatic carbocycles. The Hall–Kier alpha value is -0.0300. The quantitative estimate of drug-likeness (QED) is 0.748. The summed E-state index contributed by atoms with van der Waals surface area (Å²) in [5.41, 5.74) is 5.96. The largest absolute Gasteiger partial charge is 0.340 e. The molecule has 1 amide bonds. The molecule has 3 atom stereocenters. The lowest BCUT2D eigenvalue weighted by Gasteiger charge is -2.34. The molecule has 4 nitrogen and oxygen atoms in total. The summed E-state index contributed by atoms with van der Waals surface area (Å²) in [7, 11) is 0. The molecule has 2 unspecified atom stereocenters. The maximum absolute atomic E-state index is 12.2. The van der Waals surface area contributed by atoms with E-state index in [4.69, 9.17) is 5.73 Å². The van der Waals surface area contributed by atoms with Gasteiger partial charge in [-0.3, -0.25) is 4.79 Å². The molecule has 0 aromatic rings. The second-order valence-electron chi connectivity index (χ2n) is 4.84. The van der Waals surface area contributed by atoms with E-state index >= 15 is 0 Å². The summed E-state index contributed by atoms with van der Waals surface area (Å²) >= 11 is 0. The third kappa shape index (κ3) is 3.98. The third-order valence-electron chi connectivity index (χ3n) is 3.57. The first-order valence-corrected chi connectivity index (χ1v) is 5.96. The van der Waals surface area contributed by atoms with E-state index in [-0.39, 0.29) is 42.7 Å². The number of nitrogens with one attached hydrogen (secondary N) is 1. The number of nitrogens with two attached hydrogens (primary N) is 1. The van der Waals surface area contributed by atoms with Gasteiger partial charge >= 0.3 is 0 Å². The van der Waals surface area contributed by atoms with Crippen molar-refractivity contribution in [3.63, 3.8) is 0 Å². The highest BCUT2D eigenvalue weighted by Gasteiger charge is 2.34. The van der Waals surface area contributed by atoms with Crippen molar-refractivity contribution in [2.24, 2.45) is 11.7 Å². The van der Waals surface area contributed by atoms with Gasteiger partial charge in [-0.15, -0.1) is 24.8 Å². The minimum absolute atomic E-state index is 0. The molecule has 2 fully saturated rings. The van der Waals surface area contributed by atoms with Gasteiger partial charge in [-0.2, -0.15) is 0 Å². The van der Waals surface area contributed by atoms with Crippen LogP contribution >= 0.6 is 24.8 Å². The van der Waals surface area contributed by atoms with Gasteiger partial charge in [0, 0.05) is 31.7 Å². The van der Waals surface area contributed by atoms with E-state index in [1.807, 2.05) is 4.90 Å². The lowest BCUT2D eigenvalue weighted by atomic mass is 10.0. The van der Waals surface area contributed by atoms with Gasteiger partial charge in [-0.05, 0) is 19.8 Å². The number of amides is 1. The average molecular weight is 284 g/mol. The van der Waals surface area contributed by atoms with E-state index in [0.29, 0.717) is 6.04 Å². The molecular formula is C11H23Cl2N3O. The van der Waals surface area contributed by atoms with Gasteiger partial charge in [0.2, 0.25) is 5.91 Å². The Morgan fingerprint density at radius 2 is 2.06 bits per heavy atom. The number of nitrogens with zero attached hydrogens (tertiary/aromatic N) is 1. The van der Waals surface area contributed by atoms with E-state index in [2.05, 4.69) is 12.2 Å². The van der Waals surface area contributed by atoms with Crippen LogP contribution in [0.15, 0.2) is 0 Å². The van der Waals surface area contributed by atoms with Gasteiger partial charge in [0.15, 0.2) is 0 Å². The number of carbonyl (C=O) groups is 1. The minimum Gasteiger partial charge on any atom is -0.340 e. The van der Waals surface area contributed by atoms with E-state index in [9.17, 15) is 4.79 Å². The average Bonchev–Trinajstić information content (AvgIpc) is 2.63. The first-order chi connectivity index (χ1) is 7.18. The Kier molecular flexibility index (Phi) is 7.40. The summed E-state index contributed by atoms with van der Waals surface area (Å²) in [4.78, 5) is 14.2. The Balaban J connectivity index is 0.00000128. The summed E-state index contributed by atoms with van der Waals surface area (Å²) in [6.45, 7) is 4.71. The first-order valence-electron chi connectivity index (χ1n) is 5.96. The van der Waals surface area contributed by atoms with Crippen LogP contribution < -0.4 is 11.1 Å². The van der Waals surface area contributed by atoms with Crippen molar-refractivity contribution in [3.05, 3.63) is 0 Å². The van der Waals surface area contributed by atoms with Crippen LogP contribution in [0.1, 0.15) is 26.2 Å². The van der Waals surface area contributed by atoms with Gasteiger partial charge in [0.1, 0.15) is 0 Å². The molecule has 1 saturated heterocycles. The fourth-order valence-corrected chi connectivity index (χ4v) is 2.66. The zero-order chi connectivity index (χ0) is 10.8. The van der Waals surface area contributed by atoms with Crippen LogP contribution in [0.3, 0.4) is 0 Å². The molecule has 1 heterocycles. The van der Waals surface area contributed by atoms with Crippen molar-refractivity contribution in [1.82, 2.24) is 10.2 Å². The maximum Gasteiger partial charge on any atom is 0.227 e. The predicted octanol–water partition coefficient (Wildman–Crippen LogP) is 0.778. The molecule has 1 aliphatic heterocycles. The number of hydrogen-bond acceptors (Lipinski definition) is 3. The van der Waals surface area contributed by atoms with Crippen LogP contribution in [0.25, 0.3) is 0 Å². The maximum atomic E-state index is 12.2. The summed E-state index contributed by atoms with van der Waals surface area (Å²) in [6.07, 6.45) is 3.11. The monoisotopic (exact) mass is 283 g/mol. The van der Waals surface area contributed by atoms with Crippen LogP contribution in [0.5, 0.6) is 0 Å². The lowest BCUT2D eigenvalue weighted by Crippen LogP contribution is -2.54. The predicted molar refractivity (Wildman–Crippen MR) is 73.9 cm³/mol. The van der Waals surface area contributed by atoms with Crippen molar-refractivity contribution in [2.75, 3.05) is 19.6 Å². The van der Waals surface area contributed by atoms with Crippen molar-refractivity contribution in [3.8, 4) is 0 Å². The van der Waals surface area contributed by atoms with Crippen LogP contribution in [-0.2, 0) is 4.79 Å². The van der Waals surface area contributed by atoms with Crippen LogP contribution in [0.4, 0.5) is 0 Å². The van der Waals surface area contributed by atoms with Crippen LogP contribution in [0.2, 0.25) is 0 Å². The van der Waals surface area contributed by atoms with Gasteiger partial charge < -0.3 is 16.0 Å². The molecule has 0 radical (unpaired) electrons. The van der Waals surface area contributed by atoms with Crippen LogP contribution in [0, 0.1) is 5.92 Å². The number of carbonyl (C=O) groups excluding carboxylic acids is 1. The van der Waals surface area contributed by atoms with Crippen molar-refractivity contribution >= 4 is 30.7 Å². The molecule has 17 heavy (non-hydrogen) atoms. The molecular weight excluding hydrogens is 261 g/mol. The molecule has 6 heteroatoms. The van der Waals surface area contributed by atoms with E-state index in [1.54, 1.807) is 0 Å². The van der Waals surface area contributed by atoms with Crippen molar-refractivity contribution in [1.29, 1.82) is 0 Å². The number of hydrogen-bond donors (Lipinski definition) is 2. The third-order valence-corrected chi connectivity index (χ3v) is 3.57. The van der Waals surface area contributed by atoms with E-state index in [1.165, 1.54) is 0 Å². The van der Waals surface area contributed by atoms with Crippen molar-refractivity contribution < 1.29 is 4.79 Å². The molecule has 3 N–H and O–H groups in total. The highest BCUT2D eigenvalue weighted by atomic mass is 35.5. The molecule has 2 aliphatic rings. The fraction of sp³-hybridized carbons (Fsp3) is 0.909. The number of halogens is 2. The Morgan fingerprint density at radius 3 is 2.59 bits per heavy atom. The van der Waals surface area contributed by atoms with Gasteiger partial charge in [0.05, 0.1) is 5.92 Å². The Morgan fingerprint density at radius 1 is 1.35 bits per heavy atom. The summed E-state index contributed by atoms with van der Waals surface area (Å²) in [5, 5.41) is 3.34. The van der Waals surface area contributed by atoms with Crippen molar-refractivity contribution in [2.45, 2.75) is 38.3 Å². The van der Waals surface area contributed by atoms with E-state index in [0.717, 1.165) is 38.9 Å². The molecule has 2 rings (SSSR count). The van der Waals surface area contributed by atoms with Gasteiger partial charge in [-0.25, -0.2) is 0 Å². The highest BCUT2D eigenvalue weighted by molar-refractivity contribution is 5.85. The minimum atomic E-state index is 0. The van der Waals surface area contributed by atoms with Gasteiger partial charge in [0.25, 0.3) is 0 Å². The molecule has 0 spiro atoms. The van der Waals surface area contributed by atoms with Gasteiger partial charge in [-0.1, -0.05) is 6.42 Å². The normalized spacial score (nSPS) is 32.6. The molecule has 1 aliphatic carbocycles. The second kappa shape index (κ2) is 7.41. The summed E-state index contributed by atoms with van der Waals surface area (Å²) < 4.78 is 0. The zero-order valence-corrected chi connectivity index (χ0v) is 11.9. The SMILES string of the molecule is C[C@@H]1CN(C(=O)C2CCCC2N)CCN1.Cl.Cl. The Bertz CT molecular complexity index is 253. The molecule has 0 bridgehead atoms. The van der Waals surface area contributed by atoms with E-state index < -0.39 is 0 Å². The Labute approximate surface area is 115 Å². The number of rotatable bonds is 1. The summed E-state index contributed by atoms with van der Waals surface area (Å²) in [5.74, 6) is 0.378. The summed E-state index contributed by atoms with van der Waals surface area (Å²) in [6, 6.07) is 0.517. The fourth-order valence-electron chi connectivity index (χ4n) is 2.66. The number of piperazine rings is 1. The molecule has 1 saturated carbocycles. The molecule has 0 aromatic heterocycles. The molecule has 102 valence electrons. The first kappa shape index (κ1) is 17.0. The standard InChI is InChI=1S/C11H21N3O.2ClH/c1-8-7-14(6-5-13-8)11(15)9-3-2-4-10(9)12;;/h8-10,13H,2-7,12H2,1H3;2*1H/t8-,9?,10?;;/m1../s1. The zero-order valence-electron chi connectivity index (χ0n) is 10.2. The highest BCUT2D eigenvalue weighted by Crippen LogP contribution is 2.26. The topological polar surface area (TPSA) is 58.4 Å². The van der Waals surface area contributed by atoms with Crippen LogP contribution in [-0.4, -0.2) is 42.5 Å². The second-order valence-corrected chi connectivity index (χ2v) is 4.84. The lowest BCUT2D eigenvalue weighted by molar-refractivity contribution is -0.136. The smallest absolute Gasteiger partial charge is 0.227 e.